The zero-order valence-electron chi connectivity index (χ0n) is 18.3. The zero-order valence-corrected chi connectivity index (χ0v) is 19.1. The summed E-state index contributed by atoms with van der Waals surface area (Å²) in [6.45, 7) is 3.73. The fourth-order valence-corrected chi connectivity index (χ4v) is 8.61. The van der Waals surface area contributed by atoms with Gasteiger partial charge in [-0.3, -0.25) is 14.2 Å². The van der Waals surface area contributed by atoms with E-state index in [1.807, 2.05) is 0 Å². The highest BCUT2D eigenvalue weighted by Gasteiger charge is 2.64. The van der Waals surface area contributed by atoms with Crippen LogP contribution in [0.2, 0.25) is 0 Å². The SMILES string of the molecule is CN=c1c2c(N3CC4C(C3)C3(N)CCC4(C)C3)c(F)cc3c(=O)c(C(=O)O)c4scc1n4c32. The molecule has 0 spiro atoms. The van der Waals surface area contributed by atoms with Crippen LogP contribution in [0, 0.1) is 23.1 Å². The molecule has 4 heterocycles. The molecule has 7 nitrogen and oxygen atoms in total. The van der Waals surface area contributed by atoms with Crippen LogP contribution in [-0.2, 0) is 0 Å². The smallest absolute Gasteiger partial charge is 0.342 e. The summed E-state index contributed by atoms with van der Waals surface area (Å²) in [4.78, 5) is 32.0. The van der Waals surface area contributed by atoms with Crippen LogP contribution in [0.5, 0.6) is 0 Å². The molecule has 2 saturated carbocycles. The van der Waals surface area contributed by atoms with E-state index in [-0.39, 0.29) is 21.9 Å². The number of carboxylic acid groups (broad SMARTS) is 1. The van der Waals surface area contributed by atoms with Crippen LogP contribution in [-0.4, -0.2) is 41.2 Å². The molecule has 1 aliphatic heterocycles. The molecule has 0 radical (unpaired) electrons. The van der Waals surface area contributed by atoms with E-state index in [1.54, 1.807) is 16.8 Å². The third kappa shape index (κ3) is 2.11. The largest absolute Gasteiger partial charge is 0.477 e. The van der Waals surface area contributed by atoms with Gasteiger partial charge in [0.1, 0.15) is 16.2 Å². The lowest BCUT2D eigenvalue weighted by molar-refractivity contribution is 0.0697. The number of benzene rings is 1. The van der Waals surface area contributed by atoms with E-state index in [4.69, 9.17) is 5.73 Å². The predicted molar refractivity (Wildman–Crippen MR) is 125 cm³/mol. The molecule has 0 amide bonds. The Morgan fingerprint density at radius 1 is 1.33 bits per heavy atom. The van der Waals surface area contributed by atoms with Crippen molar-refractivity contribution in [2.24, 2.45) is 28.0 Å². The first kappa shape index (κ1) is 19.7. The molecule has 3 fully saturated rings. The van der Waals surface area contributed by atoms with E-state index < -0.39 is 17.2 Å². The average Bonchev–Trinajstić information content (AvgIpc) is 3.52. The molecule has 33 heavy (non-hydrogen) atoms. The highest BCUT2D eigenvalue weighted by atomic mass is 32.1. The van der Waals surface area contributed by atoms with Crippen molar-refractivity contribution in [1.82, 2.24) is 4.40 Å². The number of pyridine rings is 1. The van der Waals surface area contributed by atoms with Crippen molar-refractivity contribution in [2.45, 2.75) is 31.7 Å². The maximum absolute atomic E-state index is 15.8. The highest BCUT2D eigenvalue weighted by Crippen LogP contribution is 2.64. The third-order valence-corrected chi connectivity index (χ3v) is 9.89. The molecule has 2 aliphatic carbocycles. The molecule has 3 aromatic heterocycles. The summed E-state index contributed by atoms with van der Waals surface area (Å²) in [6, 6.07) is 1.22. The number of hydrogen-bond donors (Lipinski definition) is 2. The molecule has 1 aromatic carbocycles. The number of thiazole rings is 1. The Balaban J connectivity index is 1.54. The Kier molecular flexibility index (Phi) is 3.47. The van der Waals surface area contributed by atoms with Crippen molar-refractivity contribution in [3.63, 3.8) is 0 Å². The minimum absolute atomic E-state index is 0.0844. The molecule has 3 aliphatic rings. The Morgan fingerprint density at radius 2 is 2.09 bits per heavy atom. The second-order valence-corrected chi connectivity index (χ2v) is 11.4. The van der Waals surface area contributed by atoms with Crippen LogP contribution in [0.25, 0.3) is 26.6 Å². The van der Waals surface area contributed by atoms with Crippen LogP contribution in [0.1, 0.15) is 36.5 Å². The van der Waals surface area contributed by atoms with Crippen LogP contribution in [0.15, 0.2) is 21.2 Å². The maximum Gasteiger partial charge on any atom is 0.342 e. The predicted octanol–water partition coefficient (Wildman–Crippen LogP) is 2.86. The van der Waals surface area contributed by atoms with E-state index >= 15 is 4.39 Å². The molecular formula is C24H23FN4O3S. The van der Waals surface area contributed by atoms with Gasteiger partial charge in [0, 0.05) is 31.1 Å². The first-order valence-electron chi connectivity index (χ1n) is 11.3. The number of hydrogen-bond acceptors (Lipinski definition) is 6. The lowest BCUT2D eigenvalue weighted by Crippen LogP contribution is -2.45. The Morgan fingerprint density at radius 3 is 2.79 bits per heavy atom. The summed E-state index contributed by atoms with van der Waals surface area (Å²) in [5.74, 6) is -1.09. The monoisotopic (exact) mass is 466 g/mol. The van der Waals surface area contributed by atoms with Crippen molar-refractivity contribution in [1.29, 1.82) is 0 Å². The van der Waals surface area contributed by atoms with Crippen molar-refractivity contribution in [3.8, 4) is 0 Å². The quantitative estimate of drug-likeness (QED) is 0.473. The zero-order chi connectivity index (χ0) is 23.0. The summed E-state index contributed by atoms with van der Waals surface area (Å²) >= 11 is 1.20. The third-order valence-electron chi connectivity index (χ3n) is 8.94. The van der Waals surface area contributed by atoms with E-state index in [0.717, 1.165) is 25.8 Å². The van der Waals surface area contributed by atoms with E-state index in [9.17, 15) is 14.7 Å². The van der Waals surface area contributed by atoms with Crippen molar-refractivity contribution >= 4 is 49.6 Å². The fraction of sp³-hybridized carbons (Fsp3) is 0.458. The molecule has 9 heteroatoms. The fourth-order valence-electron chi connectivity index (χ4n) is 7.58. The summed E-state index contributed by atoms with van der Waals surface area (Å²) in [5, 5.41) is 12.8. The standard InChI is InChI=1S/C24H23FN4O3S/c1-23-3-4-24(26,9-23)12-7-28(6-11(12)23)19-13(25)5-10-18-15(19)17(27-2)14-8-33-21(29(14)18)16(20(10)30)22(31)32/h5,8,11-12H,3-4,6-7,9,26H2,1-2H3,(H,31,32). The number of nitrogens with zero attached hydrogens (tertiary/aromatic N) is 3. The Bertz CT molecular complexity index is 1620. The number of halogens is 1. The number of carboxylic acids is 1. The minimum Gasteiger partial charge on any atom is -0.477 e. The molecule has 1 saturated heterocycles. The van der Waals surface area contributed by atoms with Crippen LogP contribution in [0.3, 0.4) is 0 Å². The van der Waals surface area contributed by atoms with Gasteiger partial charge in [-0.25, -0.2) is 9.18 Å². The number of rotatable bonds is 2. The van der Waals surface area contributed by atoms with E-state index in [2.05, 4.69) is 16.8 Å². The molecule has 170 valence electrons. The average molecular weight is 467 g/mol. The minimum atomic E-state index is -1.31. The van der Waals surface area contributed by atoms with Gasteiger partial charge in [0.25, 0.3) is 0 Å². The van der Waals surface area contributed by atoms with Crippen LogP contribution in [0.4, 0.5) is 10.1 Å². The molecule has 7 rings (SSSR count). The van der Waals surface area contributed by atoms with Gasteiger partial charge >= 0.3 is 5.97 Å². The Hall–Kier alpha value is -2.78. The number of anilines is 1. The Labute approximate surface area is 191 Å². The van der Waals surface area contributed by atoms with Crippen LogP contribution >= 0.6 is 11.3 Å². The summed E-state index contributed by atoms with van der Waals surface area (Å²) in [6.07, 6.45) is 3.15. The number of nitrogens with two attached hydrogens (primary N) is 1. The van der Waals surface area contributed by atoms with E-state index in [1.165, 1.54) is 17.4 Å². The lowest BCUT2D eigenvalue weighted by Gasteiger charge is -2.34. The van der Waals surface area contributed by atoms with Gasteiger partial charge in [0.2, 0.25) is 5.43 Å². The number of aromatic nitrogens is 1. The molecule has 2 bridgehead atoms. The second kappa shape index (κ2) is 5.82. The van der Waals surface area contributed by atoms with Gasteiger partial charge in [-0.05, 0) is 42.6 Å². The molecule has 4 aromatic rings. The molecule has 4 unspecified atom stereocenters. The van der Waals surface area contributed by atoms with E-state index in [0.29, 0.717) is 50.7 Å². The molecule has 4 atom stereocenters. The lowest BCUT2D eigenvalue weighted by atomic mass is 9.72. The van der Waals surface area contributed by atoms with Gasteiger partial charge in [-0.2, -0.15) is 0 Å². The number of fused-ring (bicyclic) bond motifs is 5. The van der Waals surface area contributed by atoms with Gasteiger partial charge in [0.15, 0.2) is 0 Å². The molecular weight excluding hydrogens is 443 g/mol. The summed E-state index contributed by atoms with van der Waals surface area (Å²) in [5.41, 5.74) is 7.57. The van der Waals surface area contributed by atoms with Gasteiger partial charge in [-0.1, -0.05) is 6.92 Å². The van der Waals surface area contributed by atoms with Crippen LogP contribution < -0.4 is 21.4 Å². The first-order valence-corrected chi connectivity index (χ1v) is 12.1. The topological polar surface area (TPSA) is 100 Å². The normalized spacial score (nSPS) is 31.8. The maximum atomic E-state index is 15.8. The molecule has 3 N–H and O–H groups in total. The second-order valence-electron chi connectivity index (χ2n) is 10.5. The summed E-state index contributed by atoms with van der Waals surface area (Å²) in [7, 11) is 1.65. The van der Waals surface area contributed by atoms with Crippen molar-refractivity contribution in [3.05, 3.63) is 38.4 Å². The number of aromatic carboxylic acids is 1. The van der Waals surface area contributed by atoms with Crippen molar-refractivity contribution < 1.29 is 14.3 Å². The highest BCUT2D eigenvalue weighted by molar-refractivity contribution is 7.16. The van der Waals surface area contributed by atoms with Gasteiger partial charge < -0.3 is 15.7 Å². The summed E-state index contributed by atoms with van der Waals surface area (Å²) < 4.78 is 17.6. The number of carbonyl (C=O) groups is 1. The van der Waals surface area contributed by atoms with Gasteiger partial charge in [-0.15, -0.1) is 11.3 Å². The first-order chi connectivity index (χ1) is 15.7. The van der Waals surface area contributed by atoms with Crippen molar-refractivity contribution in [2.75, 3.05) is 25.0 Å². The van der Waals surface area contributed by atoms with Gasteiger partial charge in [0.05, 0.1) is 32.9 Å².